The van der Waals surface area contributed by atoms with E-state index in [2.05, 4.69) is 42.5 Å². The Bertz CT molecular complexity index is 669. The summed E-state index contributed by atoms with van der Waals surface area (Å²) >= 11 is 1.84. The third kappa shape index (κ3) is 3.09. The van der Waals surface area contributed by atoms with E-state index in [9.17, 15) is 4.79 Å². The third-order valence-electron chi connectivity index (χ3n) is 3.65. The van der Waals surface area contributed by atoms with Crippen molar-refractivity contribution in [3.63, 3.8) is 0 Å². The van der Waals surface area contributed by atoms with E-state index in [4.69, 9.17) is 4.74 Å². The van der Waals surface area contributed by atoms with Gasteiger partial charge in [0.05, 0.1) is 13.0 Å². The summed E-state index contributed by atoms with van der Waals surface area (Å²) in [6.45, 7) is 2.25. The van der Waals surface area contributed by atoms with E-state index in [0.29, 0.717) is 13.0 Å². The van der Waals surface area contributed by atoms with Crippen molar-refractivity contribution in [3.8, 4) is 0 Å². The summed E-state index contributed by atoms with van der Waals surface area (Å²) in [5.74, 6) is 0.770. The molecule has 0 spiro atoms. The Kier molecular flexibility index (Phi) is 4.64. The van der Waals surface area contributed by atoms with Crippen molar-refractivity contribution in [2.75, 3.05) is 6.61 Å². The van der Waals surface area contributed by atoms with Crippen molar-refractivity contribution in [2.45, 2.75) is 24.0 Å². The Morgan fingerprint density at radius 3 is 2.68 bits per heavy atom. The molecule has 1 aliphatic heterocycles. The highest BCUT2D eigenvalue weighted by Crippen LogP contribution is 2.39. The van der Waals surface area contributed by atoms with Crippen LogP contribution < -0.4 is 0 Å². The van der Waals surface area contributed by atoms with Crippen LogP contribution in [0.1, 0.15) is 30.0 Å². The zero-order valence-corrected chi connectivity index (χ0v) is 13.4. The summed E-state index contributed by atoms with van der Waals surface area (Å²) in [6, 6.07) is 16.8. The average Bonchev–Trinajstić information content (AvgIpc) is 2.70. The predicted molar refractivity (Wildman–Crippen MR) is 90.8 cm³/mol. The van der Waals surface area contributed by atoms with Gasteiger partial charge in [-0.25, -0.2) is 0 Å². The highest BCUT2D eigenvalue weighted by Gasteiger charge is 2.18. The molecule has 0 saturated carbocycles. The molecular formula is C19H18O2S. The lowest BCUT2D eigenvalue weighted by Crippen LogP contribution is -2.02. The molecule has 1 aliphatic rings. The van der Waals surface area contributed by atoms with Crippen LogP contribution in [0.3, 0.4) is 0 Å². The van der Waals surface area contributed by atoms with Crippen LogP contribution in [0.2, 0.25) is 0 Å². The van der Waals surface area contributed by atoms with E-state index in [1.165, 1.54) is 21.6 Å². The quantitative estimate of drug-likeness (QED) is 0.770. The van der Waals surface area contributed by atoms with Gasteiger partial charge in [0.2, 0.25) is 0 Å². The van der Waals surface area contributed by atoms with E-state index in [-0.39, 0.29) is 5.97 Å². The average molecular weight is 310 g/mol. The van der Waals surface area contributed by atoms with Gasteiger partial charge in [0.25, 0.3) is 0 Å². The number of fused-ring (bicyclic) bond motifs is 2. The number of carbonyl (C=O) groups excluding carboxylic acids is 1. The fraction of sp³-hybridized carbons (Fsp3) is 0.211. The van der Waals surface area contributed by atoms with Crippen molar-refractivity contribution >= 4 is 23.3 Å². The van der Waals surface area contributed by atoms with Crippen LogP contribution >= 0.6 is 11.8 Å². The minimum absolute atomic E-state index is 0.179. The van der Waals surface area contributed by atoms with E-state index < -0.39 is 0 Å². The molecule has 112 valence electrons. The highest BCUT2D eigenvalue weighted by molar-refractivity contribution is 7.98. The molecule has 1 heterocycles. The molecule has 0 saturated heterocycles. The first-order valence-corrected chi connectivity index (χ1v) is 8.44. The van der Waals surface area contributed by atoms with Gasteiger partial charge in [-0.1, -0.05) is 48.5 Å². The second-order valence-corrected chi connectivity index (χ2v) is 6.09. The zero-order valence-electron chi connectivity index (χ0n) is 12.5. The monoisotopic (exact) mass is 310 g/mol. The molecule has 3 heteroatoms. The molecule has 0 radical (unpaired) electrons. The summed E-state index contributed by atoms with van der Waals surface area (Å²) in [5.41, 5.74) is 4.84. The van der Waals surface area contributed by atoms with Crippen molar-refractivity contribution in [1.29, 1.82) is 0 Å². The Morgan fingerprint density at radius 2 is 1.86 bits per heavy atom. The van der Waals surface area contributed by atoms with Crippen molar-refractivity contribution < 1.29 is 9.53 Å². The SMILES string of the molecule is CCOC(=O)C/C=C1/c2ccccc2CSc2ccccc21. The normalized spacial score (nSPS) is 14.9. The van der Waals surface area contributed by atoms with Gasteiger partial charge in [-0.15, -0.1) is 11.8 Å². The molecule has 2 aromatic carbocycles. The molecule has 2 aromatic rings. The fourth-order valence-electron chi connectivity index (χ4n) is 2.65. The molecule has 0 aliphatic carbocycles. The largest absolute Gasteiger partial charge is 0.466 e. The second kappa shape index (κ2) is 6.84. The Labute approximate surface area is 135 Å². The highest BCUT2D eigenvalue weighted by atomic mass is 32.2. The number of rotatable bonds is 3. The summed E-state index contributed by atoms with van der Waals surface area (Å²) in [6.07, 6.45) is 2.30. The molecule has 3 rings (SSSR count). The van der Waals surface area contributed by atoms with E-state index >= 15 is 0 Å². The van der Waals surface area contributed by atoms with E-state index in [1.807, 2.05) is 30.8 Å². The van der Waals surface area contributed by atoms with Gasteiger partial charge in [0, 0.05) is 10.6 Å². The minimum atomic E-state index is -0.179. The van der Waals surface area contributed by atoms with Crippen LogP contribution in [0.25, 0.3) is 5.57 Å². The summed E-state index contributed by atoms with van der Waals surface area (Å²) in [4.78, 5) is 13.0. The molecule has 22 heavy (non-hydrogen) atoms. The van der Waals surface area contributed by atoms with E-state index in [0.717, 1.165) is 11.3 Å². The first-order valence-electron chi connectivity index (χ1n) is 7.46. The van der Waals surface area contributed by atoms with Crippen LogP contribution in [-0.2, 0) is 15.3 Å². The first kappa shape index (κ1) is 14.9. The van der Waals surface area contributed by atoms with Gasteiger partial charge in [-0.05, 0) is 35.3 Å². The van der Waals surface area contributed by atoms with Gasteiger partial charge >= 0.3 is 5.97 Å². The maximum absolute atomic E-state index is 11.7. The van der Waals surface area contributed by atoms with Gasteiger partial charge in [0.15, 0.2) is 0 Å². The van der Waals surface area contributed by atoms with Crippen molar-refractivity contribution in [3.05, 3.63) is 71.3 Å². The lowest BCUT2D eigenvalue weighted by molar-refractivity contribution is -0.142. The lowest BCUT2D eigenvalue weighted by Gasteiger charge is -2.11. The minimum Gasteiger partial charge on any atom is -0.466 e. The summed E-state index contributed by atoms with van der Waals surface area (Å²) in [7, 11) is 0. The maximum atomic E-state index is 11.7. The summed E-state index contributed by atoms with van der Waals surface area (Å²) in [5, 5.41) is 0. The number of esters is 1. The third-order valence-corrected chi connectivity index (χ3v) is 4.77. The molecule has 0 fully saturated rings. The number of carbonyl (C=O) groups is 1. The second-order valence-electron chi connectivity index (χ2n) is 5.07. The van der Waals surface area contributed by atoms with Gasteiger partial charge in [-0.2, -0.15) is 0 Å². The van der Waals surface area contributed by atoms with Crippen molar-refractivity contribution in [1.82, 2.24) is 0 Å². The number of hydrogen-bond donors (Lipinski definition) is 0. The Balaban J connectivity index is 2.06. The number of thioether (sulfide) groups is 1. The first-order chi connectivity index (χ1) is 10.8. The van der Waals surface area contributed by atoms with Crippen molar-refractivity contribution in [2.24, 2.45) is 0 Å². The zero-order chi connectivity index (χ0) is 15.4. The molecule has 0 amide bonds. The van der Waals surface area contributed by atoms with Gasteiger partial charge in [0.1, 0.15) is 0 Å². The standard InChI is InChI=1S/C19H18O2S/c1-2-21-19(20)12-11-16-15-8-4-3-7-14(15)13-22-18-10-6-5-9-17(16)18/h3-11H,2,12-13H2,1H3/b16-11-. The van der Waals surface area contributed by atoms with Gasteiger partial charge < -0.3 is 4.74 Å². The lowest BCUT2D eigenvalue weighted by atomic mass is 9.93. The molecule has 0 unspecified atom stereocenters. The predicted octanol–water partition coefficient (Wildman–Crippen LogP) is 4.68. The topological polar surface area (TPSA) is 26.3 Å². The fourth-order valence-corrected chi connectivity index (χ4v) is 3.72. The van der Waals surface area contributed by atoms with Crippen LogP contribution in [0, 0.1) is 0 Å². The smallest absolute Gasteiger partial charge is 0.309 e. The number of benzene rings is 2. The van der Waals surface area contributed by atoms with Crippen LogP contribution in [0.15, 0.2) is 59.5 Å². The number of ether oxygens (including phenoxy) is 1. The molecule has 0 atom stereocenters. The van der Waals surface area contributed by atoms with E-state index in [1.54, 1.807) is 0 Å². The van der Waals surface area contributed by atoms with Crippen LogP contribution in [0.5, 0.6) is 0 Å². The van der Waals surface area contributed by atoms with Crippen LogP contribution in [-0.4, -0.2) is 12.6 Å². The molecule has 0 bridgehead atoms. The molecular weight excluding hydrogens is 292 g/mol. The Morgan fingerprint density at radius 1 is 1.14 bits per heavy atom. The molecule has 0 aromatic heterocycles. The maximum Gasteiger partial charge on any atom is 0.309 e. The summed E-state index contributed by atoms with van der Waals surface area (Å²) < 4.78 is 5.05. The van der Waals surface area contributed by atoms with Gasteiger partial charge in [-0.3, -0.25) is 4.79 Å². The van der Waals surface area contributed by atoms with Crippen LogP contribution in [0.4, 0.5) is 0 Å². The molecule has 0 N–H and O–H groups in total. The Hall–Kier alpha value is -2.00. The molecule has 2 nitrogen and oxygen atoms in total. The number of hydrogen-bond acceptors (Lipinski definition) is 3.